The molecule has 0 aliphatic rings. The normalized spacial score (nSPS) is 10.4. The van der Waals surface area contributed by atoms with Crippen molar-refractivity contribution < 1.29 is 9.18 Å². The minimum atomic E-state index is -0.729. The van der Waals surface area contributed by atoms with Gasteiger partial charge in [-0.15, -0.1) is 0 Å². The van der Waals surface area contributed by atoms with E-state index in [9.17, 15) is 9.18 Å². The van der Waals surface area contributed by atoms with Crippen molar-refractivity contribution in [1.82, 2.24) is 15.2 Å². The van der Waals surface area contributed by atoms with Crippen molar-refractivity contribution in [2.45, 2.75) is 0 Å². The molecule has 0 spiro atoms. The van der Waals surface area contributed by atoms with Gasteiger partial charge in [-0.25, -0.2) is 9.37 Å². The van der Waals surface area contributed by atoms with Crippen molar-refractivity contribution in [3.63, 3.8) is 0 Å². The summed E-state index contributed by atoms with van der Waals surface area (Å²) in [6.07, 6.45) is 0. The number of aromatic amines is 1. The minimum Gasteiger partial charge on any atom is -0.363 e. The molecule has 0 saturated heterocycles. The number of rotatable bonds is 2. The number of hydrogen-bond donors (Lipinski definition) is 2. The van der Waals surface area contributed by atoms with E-state index in [0.717, 1.165) is 0 Å². The number of benzene rings is 1. The lowest BCUT2D eigenvalue weighted by atomic mass is 10.2. The first kappa shape index (κ1) is 10.6. The lowest BCUT2D eigenvalue weighted by molar-refractivity contribution is 0.0991. The van der Waals surface area contributed by atoms with E-state index in [2.05, 4.69) is 15.2 Å². The second-order valence-electron chi connectivity index (χ2n) is 3.00. The van der Waals surface area contributed by atoms with Crippen molar-refractivity contribution in [3.8, 4) is 11.4 Å². The summed E-state index contributed by atoms with van der Waals surface area (Å²) in [6.45, 7) is 0. The highest BCUT2D eigenvalue weighted by atomic mass is 35.5. The Morgan fingerprint density at radius 1 is 1.50 bits per heavy atom. The van der Waals surface area contributed by atoms with Crippen LogP contribution in [0.25, 0.3) is 11.4 Å². The Kier molecular flexibility index (Phi) is 2.57. The van der Waals surface area contributed by atoms with Gasteiger partial charge < -0.3 is 5.73 Å². The van der Waals surface area contributed by atoms with Gasteiger partial charge in [-0.2, -0.15) is 5.10 Å². The number of carbonyl (C=O) groups is 1. The quantitative estimate of drug-likeness (QED) is 0.831. The number of carbonyl (C=O) groups excluding carboxylic acids is 1. The van der Waals surface area contributed by atoms with Gasteiger partial charge in [0.1, 0.15) is 5.82 Å². The number of nitrogens with two attached hydrogens (primary N) is 1. The summed E-state index contributed by atoms with van der Waals surface area (Å²) in [6, 6.07) is 4.10. The van der Waals surface area contributed by atoms with Crippen LogP contribution in [0.2, 0.25) is 5.02 Å². The van der Waals surface area contributed by atoms with Crippen LogP contribution < -0.4 is 5.73 Å². The van der Waals surface area contributed by atoms with E-state index < -0.39 is 11.7 Å². The van der Waals surface area contributed by atoms with Crippen LogP contribution in [0, 0.1) is 5.82 Å². The molecular weight excluding hydrogens is 235 g/mol. The number of amides is 1. The van der Waals surface area contributed by atoms with Crippen LogP contribution in [0.3, 0.4) is 0 Å². The number of H-pyrrole nitrogens is 1. The summed E-state index contributed by atoms with van der Waals surface area (Å²) < 4.78 is 13.1. The molecule has 1 aromatic heterocycles. The van der Waals surface area contributed by atoms with Gasteiger partial charge in [-0.1, -0.05) is 11.6 Å². The molecule has 7 heteroatoms. The maximum absolute atomic E-state index is 13.1. The molecule has 1 amide bonds. The Labute approximate surface area is 94.4 Å². The number of nitrogens with one attached hydrogen (secondary N) is 1. The van der Waals surface area contributed by atoms with E-state index in [0.29, 0.717) is 5.56 Å². The fourth-order valence-electron chi connectivity index (χ4n) is 1.14. The van der Waals surface area contributed by atoms with E-state index in [4.69, 9.17) is 17.3 Å². The highest BCUT2D eigenvalue weighted by Gasteiger charge is 2.11. The summed E-state index contributed by atoms with van der Waals surface area (Å²) in [5, 5.41) is 6.09. The summed E-state index contributed by atoms with van der Waals surface area (Å²) in [7, 11) is 0. The van der Waals surface area contributed by atoms with E-state index in [-0.39, 0.29) is 16.7 Å². The maximum atomic E-state index is 13.1. The van der Waals surface area contributed by atoms with Crippen LogP contribution >= 0.6 is 11.6 Å². The van der Waals surface area contributed by atoms with Crippen molar-refractivity contribution in [2.24, 2.45) is 5.73 Å². The smallest absolute Gasteiger partial charge is 0.286 e. The average Bonchev–Trinajstić information content (AvgIpc) is 2.71. The molecule has 2 rings (SSSR count). The lowest BCUT2D eigenvalue weighted by Gasteiger charge is -1.96. The maximum Gasteiger partial charge on any atom is 0.286 e. The van der Waals surface area contributed by atoms with Crippen LogP contribution in [0.1, 0.15) is 10.6 Å². The molecule has 0 fully saturated rings. The molecule has 0 saturated carbocycles. The first-order valence-electron chi connectivity index (χ1n) is 4.25. The van der Waals surface area contributed by atoms with Crippen LogP contribution in [-0.4, -0.2) is 21.1 Å². The number of primary amides is 1. The molecule has 0 unspecified atom stereocenters. The van der Waals surface area contributed by atoms with E-state index in [1.807, 2.05) is 0 Å². The van der Waals surface area contributed by atoms with E-state index in [1.165, 1.54) is 12.1 Å². The molecule has 0 aliphatic heterocycles. The first-order valence-corrected chi connectivity index (χ1v) is 4.63. The Morgan fingerprint density at radius 2 is 2.25 bits per heavy atom. The molecular formula is C9H6ClFN4O. The predicted molar refractivity (Wildman–Crippen MR) is 55.3 cm³/mol. The molecule has 82 valence electrons. The largest absolute Gasteiger partial charge is 0.363 e. The molecule has 0 atom stereocenters. The Bertz CT molecular complexity index is 554. The average molecular weight is 241 g/mol. The third kappa shape index (κ3) is 1.87. The number of nitrogens with zero attached hydrogens (tertiary/aromatic N) is 2. The first-order chi connectivity index (χ1) is 7.58. The van der Waals surface area contributed by atoms with Gasteiger partial charge in [-0.3, -0.25) is 9.89 Å². The van der Waals surface area contributed by atoms with Crippen molar-refractivity contribution in [2.75, 3.05) is 0 Å². The Morgan fingerprint density at radius 3 is 2.81 bits per heavy atom. The zero-order valence-corrected chi connectivity index (χ0v) is 8.62. The predicted octanol–water partition coefficient (Wildman–Crippen LogP) is 1.36. The number of halogens is 2. The second-order valence-corrected chi connectivity index (χ2v) is 3.41. The lowest BCUT2D eigenvalue weighted by Crippen LogP contribution is -2.12. The zero-order chi connectivity index (χ0) is 11.7. The zero-order valence-electron chi connectivity index (χ0n) is 7.87. The highest BCUT2D eigenvalue weighted by molar-refractivity contribution is 6.30. The SMILES string of the molecule is NC(=O)c1nc(-c2ccc(Cl)c(F)c2)n[nH]1. The van der Waals surface area contributed by atoms with Gasteiger partial charge in [0.15, 0.2) is 5.82 Å². The molecule has 3 N–H and O–H groups in total. The van der Waals surface area contributed by atoms with Crippen molar-refractivity contribution in [3.05, 3.63) is 34.9 Å². The van der Waals surface area contributed by atoms with Crippen LogP contribution in [0.4, 0.5) is 4.39 Å². The van der Waals surface area contributed by atoms with Gasteiger partial charge in [0, 0.05) is 5.56 Å². The Balaban J connectivity index is 2.42. The fraction of sp³-hybridized carbons (Fsp3) is 0. The third-order valence-electron chi connectivity index (χ3n) is 1.90. The minimum absolute atomic E-state index is 0.00871. The highest BCUT2D eigenvalue weighted by Crippen LogP contribution is 2.21. The molecule has 1 heterocycles. The molecule has 0 aliphatic carbocycles. The van der Waals surface area contributed by atoms with E-state index in [1.54, 1.807) is 6.07 Å². The third-order valence-corrected chi connectivity index (χ3v) is 2.20. The summed E-state index contributed by atoms with van der Waals surface area (Å²) in [5.41, 5.74) is 5.40. The van der Waals surface area contributed by atoms with Crippen molar-refractivity contribution in [1.29, 1.82) is 0 Å². The van der Waals surface area contributed by atoms with Gasteiger partial charge in [-0.05, 0) is 18.2 Å². The monoisotopic (exact) mass is 240 g/mol. The van der Waals surface area contributed by atoms with Gasteiger partial charge in [0.25, 0.3) is 5.91 Å². The van der Waals surface area contributed by atoms with Crippen molar-refractivity contribution >= 4 is 17.5 Å². The molecule has 5 nitrogen and oxygen atoms in total. The van der Waals surface area contributed by atoms with Gasteiger partial charge in [0.05, 0.1) is 5.02 Å². The summed E-state index contributed by atoms with van der Waals surface area (Å²) in [5.74, 6) is -1.20. The molecule has 16 heavy (non-hydrogen) atoms. The fourth-order valence-corrected chi connectivity index (χ4v) is 1.25. The summed E-state index contributed by atoms with van der Waals surface area (Å²) in [4.78, 5) is 14.6. The van der Waals surface area contributed by atoms with Gasteiger partial charge in [0.2, 0.25) is 5.82 Å². The number of aromatic nitrogens is 3. The molecule has 1 aromatic carbocycles. The summed E-state index contributed by atoms with van der Waals surface area (Å²) >= 11 is 5.53. The molecule has 0 radical (unpaired) electrons. The van der Waals surface area contributed by atoms with Crippen LogP contribution in [0.15, 0.2) is 18.2 Å². The number of hydrogen-bond acceptors (Lipinski definition) is 3. The van der Waals surface area contributed by atoms with Gasteiger partial charge >= 0.3 is 0 Å². The molecule has 2 aromatic rings. The van der Waals surface area contributed by atoms with Crippen LogP contribution in [0.5, 0.6) is 0 Å². The van der Waals surface area contributed by atoms with E-state index >= 15 is 0 Å². The Hall–Kier alpha value is -1.95. The topological polar surface area (TPSA) is 84.7 Å². The standard InChI is InChI=1S/C9H6ClFN4O/c10-5-2-1-4(3-6(5)11)8-13-9(7(12)16)15-14-8/h1-3H,(H2,12,16)(H,13,14,15). The second kappa shape index (κ2) is 3.90. The van der Waals surface area contributed by atoms with Crippen LogP contribution in [-0.2, 0) is 0 Å². The molecule has 0 bridgehead atoms.